The Morgan fingerprint density at radius 3 is 1.62 bits per heavy atom. The first-order valence-electron chi connectivity index (χ1n) is 18.7. The van der Waals surface area contributed by atoms with Crippen LogP contribution in [0.1, 0.15) is 0 Å². The van der Waals surface area contributed by atoms with Crippen LogP contribution in [-0.4, -0.2) is 15.0 Å². The summed E-state index contributed by atoms with van der Waals surface area (Å²) in [5.41, 5.74) is 11.3. The molecule has 0 aliphatic rings. The van der Waals surface area contributed by atoms with Crippen LogP contribution in [0.15, 0.2) is 192 Å². The fourth-order valence-corrected chi connectivity index (χ4v) is 8.99. The summed E-state index contributed by atoms with van der Waals surface area (Å²) in [4.78, 5) is 15.0. The topological polar surface area (TPSA) is 51.8 Å². The van der Waals surface area contributed by atoms with Gasteiger partial charge in [0.15, 0.2) is 17.5 Å². The zero-order valence-electron chi connectivity index (χ0n) is 30.1. The molecule has 0 bridgehead atoms. The molecule has 0 aliphatic heterocycles. The number of benzene rings is 8. The van der Waals surface area contributed by atoms with Crippen molar-refractivity contribution in [2.75, 3.05) is 0 Å². The molecule has 0 atom stereocenters. The van der Waals surface area contributed by atoms with Crippen LogP contribution in [0.25, 0.3) is 110 Å². The third-order valence-corrected chi connectivity index (χ3v) is 11.8. The molecule has 0 unspecified atom stereocenters. The fraction of sp³-hybridized carbons (Fsp3) is 0. The van der Waals surface area contributed by atoms with Gasteiger partial charge >= 0.3 is 0 Å². The highest BCUT2D eigenvalue weighted by Crippen LogP contribution is 2.45. The zero-order chi connectivity index (χ0) is 37.0. The van der Waals surface area contributed by atoms with Gasteiger partial charge in [-0.05, 0) is 52.6 Å². The van der Waals surface area contributed by atoms with Crippen LogP contribution in [0.3, 0.4) is 0 Å². The average molecular weight is 734 g/mol. The third-order valence-electron chi connectivity index (χ3n) is 10.5. The van der Waals surface area contributed by atoms with Gasteiger partial charge in [0.1, 0.15) is 11.2 Å². The number of nitrogens with zero attached hydrogens (tertiary/aromatic N) is 3. The van der Waals surface area contributed by atoms with Crippen molar-refractivity contribution in [1.29, 1.82) is 0 Å². The highest BCUT2D eigenvalue weighted by atomic mass is 32.1. The highest BCUT2D eigenvalue weighted by molar-refractivity contribution is 7.26. The standard InChI is InChI=1S/C51H31N3OS/c1-4-13-32(14-5-1)33-23-25-36(26-24-33)50-52-49(35-17-8-3-9-18-35)53-51(54-50)37-27-28-40-42-21-12-20-39(47(42)55-45(40)31-37)38-29-43(34-15-6-2-7-16-34)48-44(30-38)41-19-10-11-22-46(41)56-48/h1-31H. The summed E-state index contributed by atoms with van der Waals surface area (Å²) >= 11 is 1.85. The van der Waals surface area contributed by atoms with E-state index in [1.54, 1.807) is 0 Å². The summed E-state index contributed by atoms with van der Waals surface area (Å²) in [6.07, 6.45) is 0. The Balaban J connectivity index is 1.05. The number of fused-ring (bicyclic) bond motifs is 6. The number of rotatable bonds is 6. The maximum atomic E-state index is 6.84. The largest absolute Gasteiger partial charge is 0.455 e. The Bertz CT molecular complexity index is 3230. The van der Waals surface area contributed by atoms with E-state index < -0.39 is 0 Å². The number of aromatic nitrogens is 3. The van der Waals surface area contributed by atoms with Crippen molar-refractivity contribution < 1.29 is 4.42 Å². The first kappa shape index (κ1) is 32.2. The van der Waals surface area contributed by atoms with Gasteiger partial charge in [0, 0.05) is 58.8 Å². The molecule has 262 valence electrons. The van der Waals surface area contributed by atoms with E-state index in [0.717, 1.165) is 55.3 Å². The summed E-state index contributed by atoms with van der Waals surface area (Å²) in [5.74, 6) is 1.83. The van der Waals surface area contributed by atoms with E-state index in [2.05, 4.69) is 152 Å². The molecule has 0 aliphatic carbocycles. The summed E-state index contributed by atoms with van der Waals surface area (Å²) in [6.45, 7) is 0. The van der Waals surface area contributed by atoms with Gasteiger partial charge < -0.3 is 4.42 Å². The van der Waals surface area contributed by atoms with Crippen LogP contribution >= 0.6 is 11.3 Å². The first-order valence-corrected chi connectivity index (χ1v) is 19.5. The summed E-state index contributed by atoms with van der Waals surface area (Å²) in [6, 6.07) is 65.6. The lowest BCUT2D eigenvalue weighted by molar-refractivity contribution is 0.670. The molecule has 11 rings (SSSR count). The second-order valence-electron chi connectivity index (χ2n) is 14.0. The van der Waals surface area contributed by atoms with Crippen molar-refractivity contribution in [3.8, 4) is 67.5 Å². The molecule has 0 saturated carbocycles. The Morgan fingerprint density at radius 2 is 0.893 bits per heavy atom. The van der Waals surface area contributed by atoms with E-state index in [0.29, 0.717) is 17.5 Å². The molecule has 56 heavy (non-hydrogen) atoms. The van der Waals surface area contributed by atoms with Crippen molar-refractivity contribution in [3.63, 3.8) is 0 Å². The van der Waals surface area contributed by atoms with Gasteiger partial charge in [-0.25, -0.2) is 15.0 Å². The smallest absolute Gasteiger partial charge is 0.164 e. The van der Waals surface area contributed by atoms with Crippen molar-refractivity contribution >= 4 is 53.4 Å². The Kier molecular flexibility index (Phi) is 7.64. The van der Waals surface area contributed by atoms with Gasteiger partial charge in [0.05, 0.1) is 0 Å². The predicted molar refractivity (Wildman–Crippen MR) is 233 cm³/mol. The highest BCUT2D eigenvalue weighted by Gasteiger charge is 2.19. The van der Waals surface area contributed by atoms with E-state index in [4.69, 9.17) is 19.4 Å². The second kappa shape index (κ2) is 13.3. The molecule has 4 nitrogen and oxygen atoms in total. The van der Waals surface area contributed by atoms with Gasteiger partial charge in [0.2, 0.25) is 0 Å². The summed E-state index contributed by atoms with van der Waals surface area (Å²) in [5, 5.41) is 4.64. The SMILES string of the molecule is c1ccc(-c2ccc(-c3nc(-c4ccccc4)nc(-c4ccc5c(c4)oc4c(-c6cc(-c7ccccc7)c7sc8ccccc8c7c6)cccc45)n3)cc2)cc1. The van der Waals surface area contributed by atoms with Crippen LogP contribution < -0.4 is 0 Å². The first-order chi connectivity index (χ1) is 27.7. The molecule has 0 fully saturated rings. The van der Waals surface area contributed by atoms with Gasteiger partial charge in [-0.2, -0.15) is 0 Å². The van der Waals surface area contributed by atoms with E-state index >= 15 is 0 Å². The van der Waals surface area contributed by atoms with Crippen molar-refractivity contribution in [2.24, 2.45) is 0 Å². The van der Waals surface area contributed by atoms with Crippen LogP contribution in [-0.2, 0) is 0 Å². The number of furan rings is 1. The monoisotopic (exact) mass is 733 g/mol. The number of para-hydroxylation sites is 1. The number of hydrogen-bond donors (Lipinski definition) is 0. The molecule has 0 N–H and O–H groups in total. The third kappa shape index (κ3) is 5.56. The normalized spacial score (nSPS) is 11.6. The maximum Gasteiger partial charge on any atom is 0.164 e. The minimum absolute atomic E-state index is 0.589. The lowest BCUT2D eigenvalue weighted by atomic mass is 9.95. The second-order valence-corrected chi connectivity index (χ2v) is 15.0. The molecule has 8 aromatic carbocycles. The zero-order valence-corrected chi connectivity index (χ0v) is 30.9. The Morgan fingerprint density at radius 1 is 0.339 bits per heavy atom. The van der Waals surface area contributed by atoms with Gasteiger partial charge in [0.25, 0.3) is 0 Å². The minimum atomic E-state index is 0.589. The quantitative estimate of drug-likeness (QED) is 0.171. The predicted octanol–water partition coefficient (Wildman–Crippen LogP) is 14.1. The molecule has 0 spiro atoms. The minimum Gasteiger partial charge on any atom is -0.455 e. The van der Waals surface area contributed by atoms with E-state index in [1.807, 2.05) is 47.7 Å². The van der Waals surface area contributed by atoms with E-state index in [-0.39, 0.29) is 0 Å². The van der Waals surface area contributed by atoms with Crippen LogP contribution in [0.2, 0.25) is 0 Å². The maximum absolute atomic E-state index is 6.84. The van der Waals surface area contributed by atoms with Crippen molar-refractivity contribution in [2.45, 2.75) is 0 Å². The summed E-state index contributed by atoms with van der Waals surface area (Å²) < 4.78 is 9.42. The molecule has 5 heteroatoms. The molecule has 3 heterocycles. The van der Waals surface area contributed by atoms with Crippen LogP contribution in [0, 0.1) is 0 Å². The number of hydrogen-bond acceptors (Lipinski definition) is 5. The lowest BCUT2D eigenvalue weighted by Crippen LogP contribution is -2.00. The van der Waals surface area contributed by atoms with Gasteiger partial charge in [-0.1, -0.05) is 158 Å². The summed E-state index contributed by atoms with van der Waals surface area (Å²) in [7, 11) is 0. The number of thiophene rings is 1. The molecule has 0 saturated heterocycles. The van der Waals surface area contributed by atoms with E-state index in [1.165, 1.54) is 36.9 Å². The molecule has 0 amide bonds. The van der Waals surface area contributed by atoms with Crippen LogP contribution in [0.4, 0.5) is 0 Å². The van der Waals surface area contributed by atoms with Gasteiger partial charge in [-0.15, -0.1) is 11.3 Å². The Labute approximate surface area is 327 Å². The molecular weight excluding hydrogens is 703 g/mol. The molecule has 3 aromatic heterocycles. The molecule has 11 aromatic rings. The lowest BCUT2D eigenvalue weighted by Gasteiger charge is -2.09. The van der Waals surface area contributed by atoms with E-state index in [9.17, 15) is 0 Å². The Hall–Kier alpha value is -7.21. The van der Waals surface area contributed by atoms with Crippen LogP contribution in [0.5, 0.6) is 0 Å². The van der Waals surface area contributed by atoms with Gasteiger partial charge in [-0.3, -0.25) is 0 Å². The van der Waals surface area contributed by atoms with Crippen molar-refractivity contribution in [1.82, 2.24) is 15.0 Å². The fourth-order valence-electron chi connectivity index (χ4n) is 7.77. The molecule has 0 radical (unpaired) electrons. The molecular formula is C51H31N3OS. The van der Waals surface area contributed by atoms with Crippen molar-refractivity contribution in [3.05, 3.63) is 188 Å². The average Bonchev–Trinajstić information content (AvgIpc) is 3.85.